The Morgan fingerprint density at radius 2 is 1.72 bits per heavy atom. The highest BCUT2D eigenvalue weighted by atomic mass is 16.7. The normalized spacial score (nSPS) is 16.2. The molecule has 0 bridgehead atoms. The molecule has 0 N–H and O–H groups in total. The molecule has 148 valence electrons. The number of fused-ring (bicyclic) bond motifs is 1. The largest absolute Gasteiger partial charge is 0.454 e. The number of benzene rings is 2. The molecule has 0 saturated carbocycles. The molecule has 5 rings (SSSR count). The molecule has 0 spiro atoms. The topological polar surface area (TPSA) is 80.9 Å². The smallest absolute Gasteiger partial charge is 0.311 e. The Kier molecular flexibility index (Phi) is 4.61. The molecule has 0 aliphatic carbocycles. The molecule has 8 nitrogen and oxygen atoms in total. The van der Waals surface area contributed by atoms with Gasteiger partial charge in [0.15, 0.2) is 11.5 Å². The van der Waals surface area contributed by atoms with Gasteiger partial charge in [-0.25, -0.2) is 0 Å². The van der Waals surface area contributed by atoms with Crippen molar-refractivity contribution in [2.45, 2.75) is 6.54 Å². The van der Waals surface area contributed by atoms with Crippen LogP contribution in [0, 0.1) is 0 Å². The first-order valence-corrected chi connectivity index (χ1v) is 9.55. The number of ether oxygens (including phenoxy) is 2. The maximum atomic E-state index is 12.7. The number of piperazine rings is 1. The minimum absolute atomic E-state index is 0.0353. The van der Waals surface area contributed by atoms with Crippen LogP contribution < -0.4 is 9.47 Å². The van der Waals surface area contributed by atoms with E-state index in [1.165, 1.54) is 5.56 Å². The predicted octanol–water partition coefficient (Wildman–Crippen LogP) is 2.42. The van der Waals surface area contributed by atoms with Gasteiger partial charge in [0, 0.05) is 38.3 Å². The zero-order chi connectivity index (χ0) is 19.6. The van der Waals surface area contributed by atoms with E-state index in [1.54, 1.807) is 4.90 Å². The Morgan fingerprint density at radius 3 is 2.55 bits per heavy atom. The molecule has 1 amide bonds. The fourth-order valence-electron chi connectivity index (χ4n) is 3.55. The van der Waals surface area contributed by atoms with Crippen molar-refractivity contribution in [3.05, 3.63) is 60.0 Å². The zero-order valence-corrected chi connectivity index (χ0v) is 15.8. The SMILES string of the molecule is O=C(c1nnc(-c2ccccc2)o1)N1CCN(Cc2ccc3c(c2)OCO3)CC1. The first-order chi connectivity index (χ1) is 14.3. The number of carbonyl (C=O) groups is 1. The van der Waals surface area contributed by atoms with Crippen molar-refractivity contribution in [1.29, 1.82) is 0 Å². The Balaban J connectivity index is 1.18. The molecule has 1 fully saturated rings. The lowest BCUT2D eigenvalue weighted by atomic mass is 10.1. The van der Waals surface area contributed by atoms with Gasteiger partial charge in [0.2, 0.25) is 12.7 Å². The maximum Gasteiger partial charge on any atom is 0.311 e. The summed E-state index contributed by atoms with van der Waals surface area (Å²) >= 11 is 0. The van der Waals surface area contributed by atoms with E-state index in [9.17, 15) is 4.79 Å². The van der Waals surface area contributed by atoms with Gasteiger partial charge in [-0.1, -0.05) is 24.3 Å². The molecule has 8 heteroatoms. The van der Waals surface area contributed by atoms with E-state index < -0.39 is 0 Å². The number of rotatable bonds is 4. The third-order valence-corrected chi connectivity index (χ3v) is 5.13. The predicted molar refractivity (Wildman–Crippen MR) is 103 cm³/mol. The van der Waals surface area contributed by atoms with E-state index in [1.807, 2.05) is 42.5 Å². The molecule has 0 atom stereocenters. The Morgan fingerprint density at radius 1 is 0.931 bits per heavy atom. The Bertz CT molecular complexity index is 1010. The molecule has 1 aromatic heterocycles. The van der Waals surface area contributed by atoms with Crippen LogP contribution in [0.2, 0.25) is 0 Å². The second kappa shape index (κ2) is 7.56. The summed E-state index contributed by atoms with van der Waals surface area (Å²) in [5.41, 5.74) is 1.96. The van der Waals surface area contributed by atoms with Crippen molar-refractivity contribution in [3.63, 3.8) is 0 Å². The van der Waals surface area contributed by atoms with Crippen molar-refractivity contribution in [2.75, 3.05) is 33.0 Å². The van der Waals surface area contributed by atoms with Gasteiger partial charge in [-0.2, -0.15) is 0 Å². The van der Waals surface area contributed by atoms with Gasteiger partial charge >= 0.3 is 11.8 Å². The van der Waals surface area contributed by atoms with Crippen molar-refractivity contribution < 1.29 is 18.7 Å². The molecule has 3 aromatic rings. The van der Waals surface area contributed by atoms with Crippen LogP contribution in [0.5, 0.6) is 11.5 Å². The first kappa shape index (κ1) is 17.7. The number of hydrogen-bond acceptors (Lipinski definition) is 7. The van der Waals surface area contributed by atoms with Crippen molar-refractivity contribution in [3.8, 4) is 23.0 Å². The molecule has 2 aliphatic heterocycles. The van der Waals surface area contributed by atoms with Crippen LogP contribution in [0.1, 0.15) is 16.2 Å². The van der Waals surface area contributed by atoms with E-state index in [4.69, 9.17) is 13.9 Å². The summed E-state index contributed by atoms with van der Waals surface area (Å²) in [5, 5.41) is 7.95. The van der Waals surface area contributed by atoms with Crippen molar-refractivity contribution in [1.82, 2.24) is 20.0 Å². The third-order valence-electron chi connectivity index (χ3n) is 5.13. The van der Waals surface area contributed by atoms with Gasteiger partial charge in [-0.15, -0.1) is 10.2 Å². The Labute approximate surface area is 167 Å². The van der Waals surface area contributed by atoms with Gasteiger partial charge in [-0.05, 0) is 29.8 Å². The van der Waals surface area contributed by atoms with E-state index in [0.29, 0.717) is 19.0 Å². The summed E-state index contributed by atoms with van der Waals surface area (Å²) in [4.78, 5) is 16.8. The van der Waals surface area contributed by atoms with E-state index in [0.717, 1.165) is 36.7 Å². The van der Waals surface area contributed by atoms with Crippen LogP contribution in [0.4, 0.5) is 0 Å². The highest BCUT2D eigenvalue weighted by Gasteiger charge is 2.26. The second-order valence-corrected chi connectivity index (χ2v) is 7.03. The van der Waals surface area contributed by atoms with Crippen LogP contribution in [0.25, 0.3) is 11.5 Å². The van der Waals surface area contributed by atoms with Gasteiger partial charge in [0.25, 0.3) is 0 Å². The molecule has 0 unspecified atom stereocenters. The van der Waals surface area contributed by atoms with Gasteiger partial charge in [0.1, 0.15) is 0 Å². The van der Waals surface area contributed by atoms with E-state index in [2.05, 4.69) is 21.2 Å². The quantitative estimate of drug-likeness (QED) is 0.674. The molecular weight excluding hydrogens is 372 g/mol. The number of hydrogen-bond donors (Lipinski definition) is 0. The number of carbonyl (C=O) groups excluding carboxylic acids is 1. The van der Waals surface area contributed by atoms with E-state index in [-0.39, 0.29) is 18.6 Å². The lowest BCUT2D eigenvalue weighted by Gasteiger charge is -2.34. The summed E-state index contributed by atoms with van der Waals surface area (Å²) in [7, 11) is 0. The molecular formula is C21H20N4O4. The van der Waals surface area contributed by atoms with Crippen LogP contribution in [-0.2, 0) is 6.54 Å². The first-order valence-electron chi connectivity index (χ1n) is 9.55. The van der Waals surface area contributed by atoms with Gasteiger partial charge < -0.3 is 18.8 Å². The number of amides is 1. The van der Waals surface area contributed by atoms with Crippen LogP contribution in [-0.4, -0.2) is 58.9 Å². The van der Waals surface area contributed by atoms with Gasteiger partial charge in [-0.3, -0.25) is 9.69 Å². The lowest BCUT2D eigenvalue weighted by molar-refractivity contribution is 0.0590. The lowest BCUT2D eigenvalue weighted by Crippen LogP contribution is -2.48. The minimum atomic E-state index is -0.220. The van der Waals surface area contributed by atoms with Crippen molar-refractivity contribution >= 4 is 5.91 Å². The molecule has 2 aromatic carbocycles. The van der Waals surface area contributed by atoms with E-state index >= 15 is 0 Å². The van der Waals surface area contributed by atoms with Crippen LogP contribution in [0.3, 0.4) is 0 Å². The van der Waals surface area contributed by atoms with Crippen LogP contribution >= 0.6 is 0 Å². The highest BCUT2D eigenvalue weighted by Crippen LogP contribution is 2.32. The average molecular weight is 392 g/mol. The van der Waals surface area contributed by atoms with Crippen LogP contribution in [0.15, 0.2) is 52.9 Å². The average Bonchev–Trinajstić information content (AvgIpc) is 3.44. The highest BCUT2D eigenvalue weighted by molar-refractivity contribution is 5.89. The number of aromatic nitrogens is 2. The molecule has 0 radical (unpaired) electrons. The van der Waals surface area contributed by atoms with Gasteiger partial charge in [0.05, 0.1) is 0 Å². The van der Waals surface area contributed by atoms with Crippen molar-refractivity contribution in [2.24, 2.45) is 0 Å². The second-order valence-electron chi connectivity index (χ2n) is 7.03. The molecule has 29 heavy (non-hydrogen) atoms. The summed E-state index contributed by atoms with van der Waals surface area (Å²) in [6.45, 7) is 3.87. The standard InChI is InChI=1S/C21H20N4O4/c26-21(20-23-22-19(29-20)16-4-2-1-3-5-16)25-10-8-24(9-11-25)13-15-6-7-17-18(12-15)28-14-27-17/h1-7,12H,8-11,13-14H2. The minimum Gasteiger partial charge on any atom is -0.454 e. The summed E-state index contributed by atoms with van der Waals surface area (Å²) < 4.78 is 16.4. The molecule has 1 saturated heterocycles. The maximum absolute atomic E-state index is 12.7. The number of nitrogens with zero attached hydrogens (tertiary/aromatic N) is 4. The fraction of sp³-hybridized carbons (Fsp3) is 0.286. The molecule has 3 heterocycles. The summed E-state index contributed by atoms with van der Waals surface area (Å²) in [5.74, 6) is 1.76. The summed E-state index contributed by atoms with van der Waals surface area (Å²) in [6.07, 6.45) is 0. The Hall–Kier alpha value is -3.39. The fourth-order valence-corrected chi connectivity index (χ4v) is 3.55. The third kappa shape index (κ3) is 3.66. The monoisotopic (exact) mass is 392 g/mol. The summed E-state index contributed by atoms with van der Waals surface area (Å²) in [6, 6.07) is 15.4. The zero-order valence-electron chi connectivity index (χ0n) is 15.8. The molecule has 2 aliphatic rings.